The van der Waals surface area contributed by atoms with Gasteiger partial charge in [-0.3, -0.25) is 0 Å². The van der Waals surface area contributed by atoms with Crippen LogP contribution in [0.2, 0.25) is 0 Å². The molecule has 2 aromatic heterocycles. The van der Waals surface area contributed by atoms with Crippen molar-refractivity contribution < 1.29 is 9.53 Å². The summed E-state index contributed by atoms with van der Waals surface area (Å²) in [6, 6.07) is 0. The van der Waals surface area contributed by atoms with Gasteiger partial charge in [0.25, 0.3) is 0 Å². The van der Waals surface area contributed by atoms with Gasteiger partial charge >= 0.3 is 6.09 Å². The number of rotatable bonds is 2. The largest absolute Gasteiger partial charge is 0.444 e. The molecule has 0 atom stereocenters. The normalized spacial score (nSPS) is 16.5. The zero-order valence-electron chi connectivity index (χ0n) is 14.4. The molecule has 8 heteroatoms. The van der Waals surface area contributed by atoms with E-state index >= 15 is 0 Å². The fourth-order valence-electron chi connectivity index (χ4n) is 2.94. The molecular formula is C16H24N6O2. The highest BCUT2D eigenvalue weighted by Crippen LogP contribution is 2.23. The molecule has 24 heavy (non-hydrogen) atoms. The van der Waals surface area contributed by atoms with Gasteiger partial charge in [-0.1, -0.05) is 0 Å². The van der Waals surface area contributed by atoms with Crippen LogP contribution < -0.4 is 5.73 Å². The Morgan fingerprint density at radius 3 is 2.67 bits per heavy atom. The van der Waals surface area contributed by atoms with E-state index in [1.165, 1.54) is 6.33 Å². The zero-order chi connectivity index (χ0) is 17.3. The van der Waals surface area contributed by atoms with E-state index in [9.17, 15) is 4.79 Å². The molecule has 0 aromatic carbocycles. The minimum Gasteiger partial charge on any atom is -0.444 e. The number of fused-ring (bicyclic) bond motifs is 1. The molecule has 130 valence electrons. The lowest BCUT2D eigenvalue weighted by molar-refractivity contribution is 0.0178. The summed E-state index contributed by atoms with van der Waals surface area (Å²) < 4.78 is 7.45. The van der Waals surface area contributed by atoms with Gasteiger partial charge in [0, 0.05) is 19.6 Å². The molecule has 1 fully saturated rings. The van der Waals surface area contributed by atoms with Crippen LogP contribution in [0, 0.1) is 5.92 Å². The van der Waals surface area contributed by atoms with E-state index in [1.807, 2.05) is 25.3 Å². The van der Waals surface area contributed by atoms with Crippen molar-refractivity contribution in [1.29, 1.82) is 0 Å². The second-order valence-corrected chi connectivity index (χ2v) is 7.24. The van der Waals surface area contributed by atoms with Crippen molar-refractivity contribution in [3.8, 4) is 0 Å². The first kappa shape index (κ1) is 16.5. The number of aromatic nitrogens is 4. The van der Waals surface area contributed by atoms with Crippen LogP contribution in [-0.2, 0) is 11.3 Å². The van der Waals surface area contributed by atoms with Gasteiger partial charge in [-0.15, -0.1) is 0 Å². The number of amides is 1. The number of hydrogen-bond acceptors (Lipinski definition) is 6. The minimum absolute atomic E-state index is 0.227. The van der Waals surface area contributed by atoms with E-state index in [2.05, 4.69) is 15.0 Å². The van der Waals surface area contributed by atoms with Crippen molar-refractivity contribution in [3.63, 3.8) is 0 Å². The summed E-state index contributed by atoms with van der Waals surface area (Å²) in [6.45, 7) is 7.89. The summed E-state index contributed by atoms with van der Waals surface area (Å²) in [5.74, 6) is 0.871. The molecule has 0 spiro atoms. The van der Waals surface area contributed by atoms with Crippen LogP contribution >= 0.6 is 0 Å². The number of nitrogens with zero attached hydrogens (tertiary/aromatic N) is 5. The smallest absolute Gasteiger partial charge is 0.410 e. The van der Waals surface area contributed by atoms with Gasteiger partial charge in [0.15, 0.2) is 11.5 Å². The van der Waals surface area contributed by atoms with Crippen LogP contribution in [0.3, 0.4) is 0 Å². The second kappa shape index (κ2) is 6.26. The lowest BCUT2D eigenvalue weighted by Gasteiger charge is -2.33. The van der Waals surface area contributed by atoms with Gasteiger partial charge in [0.2, 0.25) is 0 Å². The van der Waals surface area contributed by atoms with E-state index in [1.54, 1.807) is 11.2 Å². The molecule has 0 saturated carbocycles. The summed E-state index contributed by atoms with van der Waals surface area (Å²) in [6.07, 6.45) is 4.85. The lowest BCUT2D eigenvalue weighted by atomic mass is 9.97. The molecule has 3 heterocycles. The first-order chi connectivity index (χ1) is 11.3. The average Bonchev–Trinajstić information content (AvgIpc) is 2.91. The Hall–Kier alpha value is -2.38. The van der Waals surface area contributed by atoms with Gasteiger partial charge in [-0.05, 0) is 39.5 Å². The van der Waals surface area contributed by atoms with Crippen molar-refractivity contribution in [3.05, 3.63) is 12.7 Å². The molecule has 0 unspecified atom stereocenters. The van der Waals surface area contributed by atoms with E-state index in [-0.39, 0.29) is 6.09 Å². The molecule has 1 saturated heterocycles. The van der Waals surface area contributed by atoms with E-state index in [0.717, 1.165) is 25.0 Å². The van der Waals surface area contributed by atoms with Crippen LogP contribution in [0.15, 0.2) is 12.7 Å². The zero-order valence-corrected chi connectivity index (χ0v) is 14.4. The molecule has 2 N–H and O–H groups in total. The number of nitrogen functional groups attached to an aromatic ring is 1. The SMILES string of the molecule is CC(C)(C)OC(=O)N1CCC(Cn2cnc3c(N)ncnc32)CC1. The summed E-state index contributed by atoms with van der Waals surface area (Å²) in [5, 5.41) is 0. The van der Waals surface area contributed by atoms with Gasteiger partial charge in [0.05, 0.1) is 6.33 Å². The third-order valence-corrected chi connectivity index (χ3v) is 4.15. The van der Waals surface area contributed by atoms with Crippen LogP contribution in [0.1, 0.15) is 33.6 Å². The Morgan fingerprint density at radius 1 is 1.29 bits per heavy atom. The number of piperidine rings is 1. The number of ether oxygens (including phenoxy) is 1. The third kappa shape index (κ3) is 3.58. The van der Waals surface area contributed by atoms with Crippen molar-refractivity contribution in [2.75, 3.05) is 18.8 Å². The molecule has 2 aromatic rings. The number of carbonyl (C=O) groups is 1. The second-order valence-electron chi connectivity index (χ2n) is 7.24. The standard InChI is InChI=1S/C16H24N6O2/c1-16(2,3)24-15(23)21-6-4-11(5-7-21)8-22-10-20-12-13(17)18-9-19-14(12)22/h9-11H,4-8H2,1-3H3,(H2,17,18,19). The highest BCUT2D eigenvalue weighted by atomic mass is 16.6. The Bertz CT molecular complexity index is 728. The summed E-state index contributed by atoms with van der Waals surface area (Å²) >= 11 is 0. The summed E-state index contributed by atoms with van der Waals surface area (Å²) in [5.41, 5.74) is 6.77. The van der Waals surface area contributed by atoms with E-state index < -0.39 is 5.60 Å². The Labute approximate surface area is 141 Å². The summed E-state index contributed by atoms with van der Waals surface area (Å²) in [4.78, 5) is 26.4. The molecular weight excluding hydrogens is 308 g/mol. The van der Waals surface area contributed by atoms with Crippen molar-refractivity contribution in [2.24, 2.45) is 5.92 Å². The van der Waals surface area contributed by atoms with Crippen molar-refractivity contribution >= 4 is 23.1 Å². The van der Waals surface area contributed by atoms with Gasteiger partial charge in [0.1, 0.15) is 17.4 Å². The predicted octanol–water partition coefficient (Wildman–Crippen LogP) is 2.06. The van der Waals surface area contributed by atoms with Crippen LogP contribution in [0.5, 0.6) is 0 Å². The van der Waals surface area contributed by atoms with Crippen molar-refractivity contribution in [2.45, 2.75) is 45.8 Å². The molecule has 0 aliphatic carbocycles. The minimum atomic E-state index is -0.455. The molecule has 3 rings (SSSR count). The molecule has 1 amide bonds. The molecule has 0 radical (unpaired) electrons. The number of likely N-dealkylation sites (tertiary alicyclic amines) is 1. The number of hydrogen-bond donors (Lipinski definition) is 1. The fourth-order valence-corrected chi connectivity index (χ4v) is 2.94. The van der Waals surface area contributed by atoms with E-state index in [0.29, 0.717) is 30.3 Å². The van der Waals surface area contributed by atoms with Crippen LogP contribution in [0.25, 0.3) is 11.2 Å². The number of anilines is 1. The number of nitrogens with two attached hydrogens (primary N) is 1. The quantitative estimate of drug-likeness (QED) is 0.903. The van der Waals surface area contributed by atoms with Gasteiger partial charge in [-0.2, -0.15) is 0 Å². The summed E-state index contributed by atoms with van der Waals surface area (Å²) in [7, 11) is 0. The monoisotopic (exact) mass is 332 g/mol. The van der Waals surface area contributed by atoms with Crippen LogP contribution in [-0.4, -0.2) is 49.2 Å². The van der Waals surface area contributed by atoms with Gasteiger partial charge in [-0.25, -0.2) is 19.7 Å². The Kier molecular flexibility index (Phi) is 4.29. The highest BCUT2D eigenvalue weighted by Gasteiger charge is 2.27. The first-order valence-electron chi connectivity index (χ1n) is 8.23. The number of carbonyl (C=O) groups excluding carboxylic acids is 1. The molecule has 8 nitrogen and oxygen atoms in total. The Morgan fingerprint density at radius 2 is 2.00 bits per heavy atom. The maximum Gasteiger partial charge on any atom is 0.410 e. The van der Waals surface area contributed by atoms with Crippen LogP contribution in [0.4, 0.5) is 10.6 Å². The Balaban J connectivity index is 1.59. The topological polar surface area (TPSA) is 99.2 Å². The third-order valence-electron chi connectivity index (χ3n) is 4.15. The first-order valence-corrected chi connectivity index (χ1v) is 8.23. The van der Waals surface area contributed by atoms with Crippen molar-refractivity contribution in [1.82, 2.24) is 24.4 Å². The van der Waals surface area contributed by atoms with Gasteiger partial charge < -0.3 is 19.9 Å². The number of imidazole rings is 1. The highest BCUT2D eigenvalue weighted by molar-refractivity contribution is 5.81. The predicted molar refractivity (Wildman–Crippen MR) is 90.3 cm³/mol. The lowest BCUT2D eigenvalue weighted by Crippen LogP contribution is -2.42. The average molecular weight is 332 g/mol. The molecule has 0 bridgehead atoms. The molecule has 1 aliphatic heterocycles. The fraction of sp³-hybridized carbons (Fsp3) is 0.625. The van der Waals surface area contributed by atoms with E-state index in [4.69, 9.17) is 10.5 Å². The maximum absolute atomic E-state index is 12.1. The molecule has 1 aliphatic rings. The maximum atomic E-state index is 12.1.